The van der Waals surface area contributed by atoms with Gasteiger partial charge in [-0.15, -0.1) is 0 Å². The summed E-state index contributed by atoms with van der Waals surface area (Å²) in [7, 11) is 0. The smallest absolute Gasteiger partial charge is 0.307 e. The molecular weight excluding hydrogens is 212 g/mol. The van der Waals surface area contributed by atoms with Crippen molar-refractivity contribution < 1.29 is 14.7 Å². The Morgan fingerprint density at radius 3 is 2.94 bits per heavy atom. The molecule has 1 aromatic rings. The monoisotopic (exact) mass is 224 g/mol. The van der Waals surface area contributed by atoms with Crippen LogP contribution in [0, 0.1) is 11.8 Å². The maximum absolute atomic E-state index is 11.4. The molecule has 1 saturated carbocycles. The van der Waals surface area contributed by atoms with Gasteiger partial charge in [0, 0.05) is 13.0 Å². The molecule has 0 saturated heterocycles. The van der Waals surface area contributed by atoms with E-state index in [0.29, 0.717) is 25.2 Å². The van der Waals surface area contributed by atoms with Crippen LogP contribution >= 0.6 is 0 Å². The molecule has 0 aromatic carbocycles. The van der Waals surface area contributed by atoms with Crippen molar-refractivity contribution in [3.63, 3.8) is 0 Å². The Morgan fingerprint density at radius 2 is 2.38 bits per heavy atom. The number of nitrogens with zero attached hydrogens (tertiary/aromatic N) is 2. The first-order chi connectivity index (χ1) is 7.68. The summed E-state index contributed by atoms with van der Waals surface area (Å²) in [4.78, 5) is 25.9. The van der Waals surface area contributed by atoms with Crippen molar-refractivity contribution in [2.45, 2.75) is 12.8 Å². The van der Waals surface area contributed by atoms with Gasteiger partial charge in [0.15, 0.2) is 0 Å². The molecule has 86 valence electrons. The van der Waals surface area contributed by atoms with Gasteiger partial charge in [0.25, 0.3) is 0 Å². The number of carbonyl (C=O) groups excluding carboxylic acids is 1. The lowest BCUT2D eigenvalue weighted by Crippen LogP contribution is -2.28. The molecule has 1 aromatic heterocycles. The van der Waals surface area contributed by atoms with E-state index in [1.165, 1.54) is 6.33 Å². The van der Waals surface area contributed by atoms with E-state index in [1.54, 1.807) is 0 Å². The Bertz CT molecular complexity index is 389. The number of aliphatic carboxylic acids is 1. The second kappa shape index (κ2) is 4.30. The maximum atomic E-state index is 11.4. The van der Waals surface area contributed by atoms with Crippen molar-refractivity contribution >= 4 is 11.9 Å². The van der Waals surface area contributed by atoms with Gasteiger partial charge in [0.05, 0.1) is 11.8 Å². The lowest BCUT2D eigenvalue weighted by Gasteiger charge is -2.01. The van der Waals surface area contributed by atoms with Crippen LogP contribution in [0.15, 0.2) is 6.33 Å². The fourth-order valence-corrected chi connectivity index (χ4v) is 1.54. The molecule has 7 nitrogen and oxygen atoms in total. The Morgan fingerprint density at radius 1 is 1.56 bits per heavy atom. The first kappa shape index (κ1) is 10.6. The third-order valence-electron chi connectivity index (χ3n) is 2.57. The van der Waals surface area contributed by atoms with Crippen LogP contribution in [0.25, 0.3) is 0 Å². The maximum Gasteiger partial charge on any atom is 0.307 e. The molecule has 1 heterocycles. The zero-order valence-corrected chi connectivity index (χ0v) is 8.51. The molecular formula is C9H12N4O3. The van der Waals surface area contributed by atoms with Crippen LogP contribution in [0.1, 0.15) is 12.2 Å². The highest BCUT2D eigenvalue weighted by atomic mass is 16.4. The lowest BCUT2D eigenvalue weighted by atomic mass is 10.3. The fourth-order valence-electron chi connectivity index (χ4n) is 1.54. The van der Waals surface area contributed by atoms with Gasteiger partial charge in [-0.05, 0) is 6.42 Å². The number of hydrogen-bond acceptors (Lipinski definition) is 4. The second-order valence-corrected chi connectivity index (χ2v) is 3.76. The van der Waals surface area contributed by atoms with Gasteiger partial charge in [-0.3, -0.25) is 14.7 Å². The molecule has 0 bridgehead atoms. The van der Waals surface area contributed by atoms with E-state index in [0.717, 1.165) is 0 Å². The number of hydrogen-bond donors (Lipinski definition) is 3. The topological polar surface area (TPSA) is 108 Å². The largest absolute Gasteiger partial charge is 0.481 e. The van der Waals surface area contributed by atoms with E-state index < -0.39 is 11.9 Å². The minimum atomic E-state index is -0.893. The van der Waals surface area contributed by atoms with Crippen molar-refractivity contribution in [1.29, 1.82) is 0 Å². The van der Waals surface area contributed by atoms with E-state index in [4.69, 9.17) is 5.11 Å². The van der Waals surface area contributed by atoms with Crippen molar-refractivity contribution in [2.24, 2.45) is 11.8 Å². The number of H-pyrrole nitrogens is 1. The molecule has 0 spiro atoms. The molecule has 7 heteroatoms. The van der Waals surface area contributed by atoms with Crippen LogP contribution in [0.2, 0.25) is 0 Å². The van der Waals surface area contributed by atoms with E-state index in [1.807, 2.05) is 0 Å². The second-order valence-electron chi connectivity index (χ2n) is 3.76. The summed E-state index contributed by atoms with van der Waals surface area (Å²) in [5, 5.41) is 17.7. The normalized spacial score (nSPS) is 22.8. The molecule has 16 heavy (non-hydrogen) atoms. The fraction of sp³-hybridized carbons (Fsp3) is 0.556. The van der Waals surface area contributed by atoms with Crippen molar-refractivity contribution in [3.05, 3.63) is 12.2 Å². The number of carboxylic acids is 1. The Kier molecular flexibility index (Phi) is 2.84. The van der Waals surface area contributed by atoms with Crippen molar-refractivity contribution in [1.82, 2.24) is 20.5 Å². The molecule has 0 radical (unpaired) electrons. The summed E-state index contributed by atoms with van der Waals surface area (Å²) >= 11 is 0. The summed E-state index contributed by atoms with van der Waals surface area (Å²) < 4.78 is 0. The zero-order chi connectivity index (χ0) is 11.5. The molecule has 1 aliphatic carbocycles. The quantitative estimate of drug-likeness (QED) is 0.605. The van der Waals surface area contributed by atoms with Gasteiger partial charge >= 0.3 is 5.97 Å². The number of nitrogens with one attached hydrogen (secondary N) is 2. The Labute approximate surface area is 91.3 Å². The standard InChI is InChI=1S/C9H12N4O3/c14-8(5-3-6(5)9(15)16)10-2-1-7-11-4-12-13-7/h4-6H,1-3H2,(H,10,14)(H,15,16)(H,11,12,13)/t5-,6+/m1/s1. The minimum absolute atomic E-state index is 0.188. The van der Waals surface area contributed by atoms with Gasteiger partial charge in [-0.25, -0.2) is 4.98 Å². The molecule has 1 fully saturated rings. The van der Waals surface area contributed by atoms with Crippen LogP contribution in [-0.4, -0.2) is 38.7 Å². The van der Waals surface area contributed by atoms with Crippen molar-refractivity contribution in [2.75, 3.05) is 6.54 Å². The van der Waals surface area contributed by atoms with Gasteiger partial charge in [-0.2, -0.15) is 5.10 Å². The third kappa shape index (κ3) is 2.36. The first-order valence-electron chi connectivity index (χ1n) is 5.03. The molecule has 0 aliphatic heterocycles. The number of aromatic amines is 1. The Balaban J connectivity index is 1.68. The van der Waals surface area contributed by atoms with Gasteiger partial charge in [0.2, 0.25) is 5.91 Å². The van der Waals surface area contributed by atoms with Crippen LogP contribution in [0.3, 0.4) is 0 Å². The number of aromatic nitrogens is 3. The highest BCUT2D eigenvalue weighted by Gasteiger charge is 2.48. The number of amides is 1. The molecule has 0 unspecified atom stereocenters. The molecule has 1 aliphatic rings. The van der Waals surface area contributed by atoms with Crippen LogP contribution in [-0.2, 0) is 16.0 Å². The predicted molar refractivity (Wildman–Crippen MR) is 52.3 cm³/mol. The first-order valence-corrected chi connectivity index (χ1v) is 5.03. The highest BCUT2D eigenvalue weighted by Crippen LogP contribution is 2.38. The van der Waals surface area contributed by atoms with Gasteiger partial charge < -0.3 is 10.4 Å². The van der Waals surface area contributed by atoms with E-state index in [9.17, 15) is 9.59 Å². The zero-order valence-electron chi connectivity index (χ0n) is 8.51. The minimum Gasteiger partial charge on any atom is -0.481 e. The number of carboxylic acid groups (broad SMARTS) is 1. The van der Waals surface area contributed by atoms with Gasteiger partial charge in [-0.1, -0.05) is 0 Å². The number of carbonyl (C=O) groups is 2. The summed E-state index contributed by atoms with van der Waals surface area (Å²) in [6, 6.07) is 0. The van der Waals surface area contributed by atoms with E-state index in [2.05, 4.69) is 20.5 Å². The van der Waals surface area contributed by atoms with E-state index >= 15 is 0 Å². The average Bonchev–Trinajstić information content (AvgIpc) is 2.90. The summed E-state index contributed by atoms with van der Waals surface area (Å²) in [5.74, 6) is -1.23. The molecule has 2 rings (SSSR count). The molecule has 1 amide bonds. The van der Waals surface area contributed by atoms with Gasteiger partial charge in [0.1, 0.15) is 12.2 Å². The SMILES string of the molecule is O=C(O)[C@H]1C[C@H]1C(=O)NCCc1ncn[nH]1. The average molecular weight is 224 g/mol. The summed E-state index contributed by atoms with van der Waals surface area (Å²) in [6.07, 6.45) is 2.41. The Hall–Kier alpha value is -1.92. The highest BCUT2D eigenvalue weighted by molar-refractivity contribution is 5.89. The molecule has 3 N–H and O–H groups in total. The van der Waals surface area contributed by atoms with E-state index in [-0.39, 0.29) is 11.8 Å². The van der Waals surface area contributed by atoms with Crippen LogP contribution < -0.4 is 5.32 Å². The van der Waals surface area contributed by atoms with Crippen molar-refractivity contribution in [3.8, 4) is 0 Å². The summed E-state index contributed by atoms with van der Waals surface area (Å²) in [5.41, 5.74) is 0. The summed E-state index contributed by atoms with van der Waals surface area (Å²) in [6.45, 7) is 0.441. The predicted octanol–water partition coefficient (Wildman–Crippen LogP) is -0.816. The lowest BCUT2D eigenvalue weighted by molar-refractivity contribution is -0.140. The van der Waals surface area contributed by atoms with Crippen LogP contribution in [0.4, 0.5) is 0 Å². The third-order valence-corrected chi connectivity index (χ3v) is 2.57. The van der Waals surface area contributed by atoms with Crippen LogP contribution in [0.5, 0.6) is 0 Å². The molecule has 2 atom stereocenters. The number of rotatable bonds is 5.